The molecule has 17 heavy (non-hydrogen) atoms. The number of likely N-dealkylation sites (N-methyl/N-ethyl adjacent to an activating group) is 1. The van der Waals surface area contributed by atoms with Crippen molar-refractivity contribution in [1.82, 2.24) is 0 Å². The predicted octanol–water partition coefficient (Wildman–Crippen LogP) is 2.21. The van der Waals surface area contributed by atoms with Crippen molar-refractivity contribution in [1.29, 1.82) is 0 Å². The minimum Gasteiger partial charge on any atom is -0.380 e. The number of nitro groups is 1. The number of halogens is 1. The Balaban J connectivity index is 2.89. The van der Waals surface area contributed by atoms with Gasteiger partial charge in [-0.3, -0.25) is 10.1 Å². The molecular weight excluding hydrogens is 227 g/mol. The van der Waals surface area contributed by atoms with Gasteiger partial charge in [0.2, 0.25) is 5.82 Å². The average molecular weight is 242 g/mol. The fourth-order valence-corrected chi connectivity index (χ4v) is 1.46. The summed E-state index contributed by atoms with van der Waals surface area (Å²) in [5, 5.41) is 10.8. The fourth-order valence-electron chi connectivity index (χ4n) is 1.46. The first kappa shape index (κ1) is 13.4. The number of hydrogen-bond donors (Lipinski definition) is 0. The smallest absolute Gasteiger partial charge is 0.327 e. The number of para-hydroxylation sites is 1. The molecule has 1 aromatic carbocycles. The lowest BCUT2D eigenvalue weighted by molar-refractivity contribution is -0.386. The highest BCUT2D eigenvalue weighted by molar-refractivity contribution is 5.63. The summed E-state index contributed by atoms with van der Waals surface area (Å²) >= 11 is 0. The fraction of sp³-hybridized carbons (Fsp3) is 0.455. The largest absolute Gasteiger partial charge is 0.380 e. The molecule has 0 aromatic heterocycles. The van der Waals surface area contributed by atoms with Gasteiger partial charge in [-0.1, -0.05) is 6.07 Å². The van der Waals surface area contributed by atoms with Gasteiger partial charge in [-0.15, -0.1) is 0 Å². The quantitative estimate of drug-likeness (QED) is 0.436. The van der Waals surface area contributed by atoms with Crippen molar-refractivity contribution < 1.29 is 14.1 Å². The third kappa shape index (κ3) is 3.39. The maximum atomic E-state index is 13.3. The summed E-state index contributed by atoms with van der Waals surface area (Å²) in [6, 6.07) is 4.06. The topological polar surface area (TPSA) is 55.6 Å². The SMILES string of the molecule is CCOCCN(C)c1cccc(F)c1[N+](=O)[O-]. The molecule has 6 heteroatoms. The van der Waals surface area contributed by atoms with Crippen molar-refractivity contribution in [2.24, 2.45) is 0 Å². The van der Waals surface area contributed by atoms with Crippen molar-refractivity contribution in [2.45, 2.75) is 6.92 Å². The summed E-state index contributed by atoms with van der Waals surface area (Å²) in [6.07, 6.45) is 0. The Morgan fingerprint density at radius 2 is 2.24 bits per heavy atom. The van der Waals surface area contributed by atoms with Crippen LogP contribution < -0.4 is 4.90 Å². The highest BCUT2D eigenvalue weighted by atomic mass is 19.1. The molecule has 0 unspecified atom stereocenters. The highest BCUT2D eigenvalue weighted by Gasteiger charge is 2.21. The molecule has 0 spiro atoms. The molecular formula is C11H15FN2O3. The second-order valence-corrected chi connectivity index (χ2v) is 3.48. The Hall–Kier alpha value is -1.69. The number of benzene rings is 1. The van der Waals surface area contributed by atoms with Crippen LogP contribution in [0.15, 0.2) is 18.2 Å². The van der Waals surface area contributed by atoms with Crippen LogP contribution in [-0.2, 0) is 4.74 Å². The molecule has 0 amide bonds. The van der Waals surface area contributed by atoms with Crippen LogP contribution in [0.2, 0.25) is 0 Å². The van der Waals surface area contributed by atoms with Gasteiger partial charge in [0.05, 0.1) is 11.5 Å². The van der Waals surface area contributed by atoms with E-state index in [-0.39, 0.29) is 5.69 Å². The van der Waals surface area contributed by atoms with Gasteiger partial charge in [-0.2, -0.15) is 4.39 Å². The molecule has 0 aliphatic carbocycles. The van der Waals surface area contributed by atoms with Crippen LogP contribution in [0.3, 0.4) is 0 Å². The first-order chi connectivity index (χ1) is 8.07. The summed E-state index contributed by atoms with van der Waals surface area (Å²) in [5.74, 6) is -0.823. The Bertz CT molecular complexity index is 398. The third-order valence-corrected chi connectivity index (χ3v) is 2.33. The molecule has 5 nitrogen and oxygen atoms in total. The normalized spacial score (nSPS) is 10.3. The van der Waals surface area contributed by atoms with Crippen molar-refractivity contribution >= 4 is 11.4 Å². The monoisotopic (exact) mass is 242 g/mol. The standard InChI is InChI=1S/C11H15FN2O3/c1-3-17-8-7-13(2)10-6-4-5-9(12)11(10)14(15)16/h4-6H,3,7-8H2,1-2H3. The molecule has 0 saturated carbocycles. The molecule has 94 valence electrons. The lowest BCUT2D eigenvalue weighted by Crippen LogP contribution is -2.23. The lowest BCUT2D eigenvalue weighted by Gasteiger charge is -2.18. The molecule has 0 atom stereocenters. The van der Waals surface area contributed by atoms with Crippen molar-refractivity contribution in [3.63, 3.8) is 0 Å². The number of nitro benzene ring substituents is 1. The minimum absolute atomic E-state index is 0.259. The zero-order chi connectivity index (χ0) is 12.8. The summed E-state index contributed by atoms with van der Waals surface area (Å²) in [6.45, 7) is 3.36. The van der Waals surface area contributed by atoms with Gasteiger partial charge in [0, 0.05) is 20.2 Å². The van der Waals surface area contributed by atoms with Gasteiger partial charge in [0.15, 0.2) is 0 Å². The van der Waals surface area contributed by atoms with Crippen LogP contribution in [0, 0.1) is 15.9 Å². The zero-order valence-corrected chi connectivity index (χ0v) is 9.85. The zero-order valence-electron chi connectivity index (χ0n) is 9.85. The molecule has 1 aromatic rings. The predicted molar refractivity (Wildman–Crippen MR) is 62.8 cm³/mol. The molecule has 0 N–H and O–H groups in total. The van der Waals surface area contributed by atoms with E-state index in [0.717, 1.165) is 6.07 Å². The van der Waals surface area contributed by atoms with Crippen LogP contribution in [0.5, 0.6) is 0 Å². The molecule has 0 aliphatic rings. The van der Waals surface area contributed by atoms with E-state index in [0.29, 0.717) is 19.8 Å². The number of hydrogen-bond acceptors (Lipinski definition) is 4. The lowest BCUT2D eigenvalue weighted by atomic mass is 10.2. The second kappa shape index (κ2) is 6.15. The Morgan fingerprint density at radius 3 is 2.82 bits per heavy atom. The van der Waals surface area contributed by atoms with Crippen molar-refractivity contribution in [2.75, 3.05) is 31.7 Å². The van der Waals surface area contributed by atoms with Gasteiger partial charge in [-0.05, 0) is 19.1 Å². The van der Waals surface area contributed by atoms with Gasteiger partial charge in [0.25, 0.3) is 0 Å². The molecule has 0 fully saturated rings. The van der Waals surface area contributed by atoms with E-state index in [2.05, 4.69) is 0 Å². The summed E-state index contributed by atoms with van der Waals surface area (Å²) in [4.78, 5) is 11.7. The third-order valence-electron chi connectivity index (χ3n) is 2.33. The maximum Gasteiger partial charge on any atom is 0.327 e. The first-order valence-electron chi connectivity index (χ1n) is 5.29. The van der Waals surface area contributed by atoms with E-state index in [1.165, 1.54) is 12.1 Å². The van der Waals surface area contributed by atoms with E-state index in [4.69, 9.17) is 4.74 Å². The molecule has 0 saturated heterocycles. The van der Waals surface area contributed by atoms with Crippen LogP contribution in [0.4, 0.5) is 15.8 Å². The van der Waals surface area contributed by atoms with Crippen LogP contribution >= 0.6 is 0 Å². The van der Waals surface area contributed by atoms with E-state index < -0.39 is 16.4 Å². The van der Waals surface area contributed by atoms with Crippen LogP contribution in [-0.4, -0.2) is 31.7 Å². The Morgan fingerprint density at radius 1 is 1.53 bits per heavy atom. The second-order valence-electron chi connectivity index (χ2n) is 3.48. The number of ether oxygens (including phenoxy) is 1. The van der Waals surface area contributed by atoms with Crippen LogP contribution in [0.25, 0.3) is 0 Å². The highest BCUT2D eigenvalue weighted by Crippen LogP contribution is 2.29. The first-order valence-corrected chi connectivity index (χ1v) is 5.29. The molecule has 0 aliphatic heterocycles. The van der Waals surface area contributed by atoms with Gasteiger partial charge >= 0.3 is 5.69 Å². The number of anilines is 1. The number of rotatable bonds is 6. The van der Waals surface area contributed by atoms with Crippen LogP contribution in [0.1, 0.15) is 6.92 Å². The Kier molecular flexibility index (Phi) is 4.84. The van der Waals surface area contributed by atoms with E-state index in [1.54, 1.807) is 11.9 Å². The minimum atomic E-state index is -0.823. The molecule has 1 rings (SSSR count). The van der Waals surface area contributed by atoms with Crippen molar-refractivity contribution in [3.8, 4) is 0 Å². The summed E-state index contributed by atoms with van der Waals surface area (Å²) in [7, 11) is 1.67. The summed E-state index contributed by atoms with van der Waals surface area (Å²) < 4.78 is 18.5. The van der Waals surface area contributed by atoms with E-state index >= 15 is 0 Å². The summed E-state index contributed by atoms with van der Waals surface area (Å²) in [5.41, 5.74) is -0.235. The van der Waals surface area contributed by atoms with Gasteiger partial charge in [-0.25, -0.2) is 0 Å². The van der Waals surface area contributed by atoms with E-state index in [9.17, 15) is 14.5 Å². The average Bonchev–Trinajstić information content (AvgIpc) is 2.28. The molecule has 0 heterocycles. The molecule has 0 bridgehead atoms. The van der Waals surface area contributed by atoms with Gasteiger partial charge < -0.3 is 9.64 Å². The molecule has 0 radical (unpaired) electrons. The van der Waals surface area contributed by atoms with Gasteiger partial charge in [0.1, 0.15) is 5.69 Å². The van der Waals surface area contributed by atoms with Crippen molar-refractivity contribution in [3.05, 3.63) is 34.1 Å². The maximum absolute atomic E-state index is 13.3. The number of nitrogens with zero attached hydrogens (tertiary/aromatic N) is 2. The van der Waals surface area contributed by atoms with E-state index in [1.807, 2.05) is 6.92 Å². The Labute approximate surface area is 98.9 Å².